The van der Waals surface area contributed by atoms with Crippen molar-refractivity contribution in [3.63, 3.8) is 0 Å². The van der Waals surface area contributed by atoms with E-state index in [0.29, 0.717) is 0 Å². The number of halogens is 8. The van der Waals surface area contributed by atoms with Gasteiger partial charge < -0.3 is 0 Å². The Morgan fingerprint density at radius 2 is 0.875 bits per heavy atom. The van der Waals surface area contributed by atoms with Gasteiger partial charge in [0.2, 0.25) is 0 Å². The molecule has 0 aromatic heterocycles. The van der Waals surface area contributed by atoms with Crippen molar-refractivity contribution in [2.24, 2.45) is 0 Å². The van der Waals surface area contributed by atoms with Crippen molar-refractivity contribution in [2.75, 3.05) is 0 Å². The van der Waals surface area contributed by atoms with E-state index in [1.165, 1.54) is 0 Å². The summed E-state index contributed by atoms with van der Waals surface area (Å²) < 4.78 is 97.5. The van der Waals surface area contributed by atoms with Crippen LogP contribution in [0, 0.1) is 11.6 Å². The van der Waals surface area contributed by atoms with Crippen molar-refractivity contribution in [1.29, 1.82) is 0 Å². The summed E-state index contributed by atoms with van der Waals surface area (Å²) in [6.07, 6.45) is -10.8. The molecule has 0 radical (unpaired) electrons. The fourth-order valence-corrected chi connectivity index (χ4v) is 1.02. The van der Waals surface area contributed by atoms with Gasteiger partial charge in [0.05, 0.1) is 11.1 Å². The van der Waals surface area contributed by atoms with Gasteiger partial charge in [-0.1, -0.05) is 0 Å². The van der Waals surface area contributed by atoms with Gasteiger partial charge in [-0.05, 0) is 12.1 Å². The molecule has 0 fully saturated rings. The molecule has 0 aliphatic carbocycles. The molecule has 0 heterocycles. The minimum Gasteiger partial charge on any atom is -0.204 e. The zero-order chi connectivity index (χ0) is 12.7. The first-order valence-corrected chi connectivity index (χ1v) is 3.67. The van der Waals surface area contributed by atoms with Crippen LogP contribution in [0.15, 0.2) is 12.1 Å². The van der Waals surface area contributed by atoms with E-state index in [1.54, 1.807) is 0 Å². The lowest BCUT2D eigenvalue weighted by atomic mass is 10.1. The van der Waals surface area contributed by atoms with Crippen molar-refractivity contribution in [2.45, 2.75) is 12.4 Å². The molecule has 8 heteroatoms. The molecule has 0 amide bonds. The molecular formula is C8H2F8. The van der Waals surface area contributed by atoms with Gasteiger partial charge >= 0.3 is 12.4 Å². The summed E-state index contributed by atoms with van der Waals surface area (Å²) in [6, 6.07) is -1.03. The lowest BCUT2D eigenvalue weighted by Crippen LogP contribution is -2.17. The molecule has 0 aliphatic rings. The van der Waals surface area contributed by atoms with E-state index in [9.17, 15) is 35.1 Å². The lowest BCUT2D eigenvalue weighted by Gasteiger charge is -2.15. The predicted molar refractivity (Wildman–Crippen MR) is 36.4 cm³/mol. The van der Waals surface area contributed by atoms with Crippen LogP contribution >= 0.6 is 0 Å². The number of alkyl halides is 6. The van der Waals surface area contributed by atoms with Crippen LogP contribution in [0.4, 0.5) is 35.1 Å². The quantitative estimate of drug-likeness (QED) is 0.610. The Kier molecular flexibility index (Phi) is 2.86. The molecule has 90 valence electrons. The largest absolute Gasteiger partial charge is 0.417 e. The van der Waals surface area contributed by atoms with Crippen LogP contribution in [0.2, 0.25) is 0 Å². The Labute approximate surface area is 83.5 Å². The maximum atomic E-state index is 12.4. The molecule has 0 bridgehead atoms. The second-order valence-electron chi connectivity index (χ2n) is 2.81. The maximum absolute atomic E-state index is 12.4. The van der Waals surface area contributed by atoms with E-state index < -0.39 is 47.2 Å². The van der Waals surface area contributed by atoms with Crippen LogP contribution in [0.1, 0.15) is 11.1 Å². The third-order valence-corrected chi connectivity index (χ3v) is 1.67. The summed E-state index contributed by atoms with van der Waals surface area (Å²) in [6.45, 7) is 0. The van der Waals surface area contributed by atoms with E-state index in [0.717, 1.165) is 0 Å². The molecule has 0 N–H and O–H groups in total. The lowest BCUT2D eigenvalue weighted by molar-refractivity contribution is -0.162. The SMILES string of the molecule is Fc1cc(C(F)(F)F)c(C(F)(F)F)cc1F. The van der Waals surface area contributed by atoms with Crippen molar-refractivity contribution >= 4 is 0 Å². The van der Waals surface area contributed by atoms with Gasteiger partial charge in [-0.25, -0.2) is 8.78 Å². The Morgan fingerprint density at radius 3 is 1.06 bits per heavy atom. The topological polar surface area (TPSA) is 0 Å². The molecular weight excluding hydrogens is 248 g/mol. The highest BCUT2D eigenvalue weighted by atomic mass is 19.4. The van der Waals surface area contributed by atoms with Gasteiger partial charge in [-0.2, -0.15) is 26.3 Å². The maximum Gasteiger partial charge on any atom is 0.417 e. The van der Waals surface area contributed by atoms with E-state index in [1.807, 2.05) is 0 Å². The Hall–Kier alpha value is -1.34. The molecule has 0 saturated carbocycles. The van der Waals surface area contributed by atoms with Gasteiger partial charge in [0.1, 0.15) is 0 Å². The van der Waals surface area contributed by atoms with Crippen molar-refractivity contribution < 1.29 is 35.1 Å². The van der Waals surface area contributed by atoms with Crippen molar-refractivity contribution in [3.8, 4) is 0 Å². The zero-order valence-corrected chi connectivity index (χ0v) is 7.18. The first kappa shape index (κ1) is 12.7. The molecule has 1 aromatic carbocycles. The second kappa shape index (κ2) is 3.60. The minimum atomic E-state index is -5.40. The molecule has 0 unspecified atom stereocenters. The standard InChI is InChI=1S/C8H2F8/c9-5-1-3(7(11,12)13)4(2-6(5)10)8(14,15)16/h1-2H. The van der Waals surface area contributed by atoms with Gasteiger partial charge in [-0.3, -0.25) is 0 Å². The highest BCUT2D eigenvalue weighted by Gasteiger charge is 2.44. The number of hydrogen-bond donors (Lipinski definition) is 0. The second-order valence-corrected chi connectivity index (χ2v) is 2.81. The summed E-state index contributed by atoms with van der Waals surface area (Å²) in [5.74, 6) is -3.97. The number of rotatable bonds is 0. The molecule has 0 spiro atoms. The van der Waals surface area contributed by atoms with Gasteiger partial charge in [0.25, 0.3) is 0 Å². The van der Waals surface area contributed by atoms with E-state index in [-0.39, 0.29) is 0 Å². The first-order valence-electron chi connectivity index (χ1n) is 3.67. The van der Waals surface area contributed by atoms with Crippen LogP contribution in [0.5, 0.6) is 0 Å². The van der Waals surface area contributed by atoms with Gasteiger partial charge in [0, 0.05) is 0 Å². The van der Waals surface area contributed by atoms with Crippen LogP contribution in [-0.4, -0.2) is 0 Å². The van der Waals surface area contributed by atoms with Gasteiger partial charge in [0.15, 0.2) is 11.6 Å². The third kappa shape index (κ3) is 2.42. The highest BCUT2D eigenvalue weighted by Crippen LogP contribution is 2.40. The van der Waals surface area contributed by atoms with E-state index >= 15 is 0 Å². The monoisotopic (exact) mass is 250 g/mol. The molecule has 1 rings (SSSR count). The van der Waals surface area contributed by atoms with Crippen molar-refractivity contribution in [1.82, 2.24) is 0 Å². The highest BCUT2D eigenvalue weighted by molar-refractivity contribution is 5.33. The zero-order valence-electron chi connectivity index (χ0n) is 7.18. The van der Waals surface area contributed by atoms with Gasteiger partial charge in [-0.15, -0.1) is 0 Å². The normalized spacial score (nSPS) is 13.0. The molecule has 1 aromatic rings. The molecule has 0 aliphatic heterocycles. The minimum absolute atomic E-state index is 0.516. The summed E-state index contributed by atoms with van der Waals surface area (Å²) in [7, 11) is 0. The number of hydrogen-bond acceptors (Lipinski definition) is 0. The van der Waals surface area contributed by atoms with Crippen LogP contribution < -0.4 is 0 Å². The Morgan fingerprint density at radius 1 is 0.625 bits per heavy atom. The fraction of sp³-hybridized carbons (Fsp3) is 0.250. The first-order chi connectivity index (χ1) is 7.03. The molecule has 0 nitrogen and oxygen atoms in total. The third-order valence-electron chi connectivity index (χ3n) is 1.67. The summed E-state index contributed by atoms with van der Waals surface area (Å²) in [5, 5.41) is 0. The van der Waals surface area contributed by atoms with E-state index in [4.69, 9.17) is 0 Å². The van der Waals surface area contributed by atoms with Crippen LogP contribution in [0.3, 0.4) is 0 Å². The average Bonchev–Trinajstić information content (AvgIpc) is 2.05. The summed E-state index contributed by atoms with van der Waals surface area (Å²) >= 11 is 0. The van der Waals surface area contributed by atoms with E-state index in [2.05, 4.69) is 0 Å². The number of benzene rings is 1. The Bertz CT molecular complexity index is 361. The molecule has 16 heavy (non-hydrogen) atoms. The average molecular weight is 250 g/mol. The van der Waals surface area contributed by atoms with Crippen LogP contribution in [0.25, 0.3) is 0 Å². The summed E-state index contributed by atoms with van der Waals surface area (Å²) in [4.78, 5) is 0. The molecule has 0 saturated heterocycles. The van der Waals surface area contributed by atoms with Crippen LogP contribution in [-0.2, 0) is 12.4 Å². The fourth-order valence-electron chi connectivity index (χ4n) is 1.02. The van der Waals surface area contributed by atoms with Crippen molar-refractivity contribution in [3.05, 3.63) is 34.9 Å². The predicted octanol–water partition coefficient (Wildman–Crippen LogP) is 4.00. The molecule has 0 atom stereocenters. The Balaban J connectivity index is 3.53. The smallest absolute Gasteiger partial charge is 0.204 e. The summed E-state index contributed by atoms with van der Waals surface area (Å²) in [5.41, 5.74) is -4.50.